The summed E-state index contributed by atoms with van der Waals surface area (Å²) in [5.41, 5.74) is 2.56. The summed E-state index contributed by atoms with van der Waals surface area (Å²) >= 11 is 0. The van der Waals surface area contributed by atoms with E-state index in [4.69, 9.17) is 0 Å². The van der Waals surface area contributed by atoms with E-state index in [-0.39, 0.29) is 6.10 Å². The predicted octanol–water partition coefficient (Wildman–Crippen LogP) is -0.209. The number of rotatable bonds is 4. The Morgan fingerprint density at radius 1 is 1.05 bits per heavy atom. The highest BCUT2D eigenvalue weighted by Gasteiger charge is 2.23. The molecule has 3 heteroatoms. The molecular formula is C18H30N2O+2. The van der Waals surface area contributed by atoms with Crippen molar-refractivity contribution in [3.63, 3.8) is 0 Å². The van der Waals surface area contributed by atoms with Crippen molar-refractivity contribution >= 4 is 0 Å². The number of likely N-dealkylation sites (N-methyl/N-ethyl adjacent to an activating group) is 1. The number of benzene rings is 1. The average molecular weight is 290 g/mol. The van der Waals surface area contributed by atoms with Gasteiger partial charge in [-0.25, -0.2) is 0 Å². The molecule has 0 aromatic heterocycles. The first-order chi connectivity index (χ1) is 10.2. The topological polar surface area (TPSA) is 29.1 Å². The third kappa shape index (κ3) is 3.85. The van der Waals surface area contributed by atoms with Crippen molar-refractivity contribution < 1.29 is 14.9 Å². The van der Waals surface area contributed by atoms with Gasteiger partial charge in [-0.1, -0.05) is 37.1 Å². The molecule has 116 valence electrons. The second kappa shape index (κ2) is 6.91. The summed E-state index contributed by atoms with van der Waals surface area (Å²) < 4.78 is 0. The van der Waals surface area contributed by atoms with Gasteiger partial charge in [-0.05, 0) is 29.9 Å². The Hall–Kier alpha value is -0.900. The minimum atomic E-state index is -0.309. The molecule has 3 nitrogen and oxygen atoms in total. The van der Waals surface area contributed by atoms with Crippen molar-refractivity contribution in [3.8, 4) is 0 Å². The fourth-order valence-corrected chi connectivity index (χ4v) is 3.88. The van der Waals surface area contributed by atoms with Crippen LogP contribution in [0.1, 0.15) is 48.8 Å². The van der Waals surface area contributed by atoms with Crippen molar-refractivity contribution in [2.45, 2.75) is 37.7 Å². The number of hydrogen-bond acceptors (Lipinski definition) is 1. The van der Waals surface area contributed by atoms with Gasteiger partial charge in [-0.2, -0.15) is 0 Å². The van der Waals surface area contributed by atoms with E-state index >= 15 is 0 Å². The number of piperazine rings is 1. The maximum absolute atomic E-state index is 10.5. The van der Waals surface area contributed by atoms with E-state index in [1.807, 2.05) is 0 Å². The van der Waals surface area contributed by atoms with Crippen LogP contribution in [0, 0.1) is 0 Å². The fraction of sp³-hybridized carbons (Fsp3) is 0.667. The van der Waals surface area contributed by atoms with Crippen LogP contribution in [0.3, 0.4) is 0 Å². The van der Waals surface area contributed by atoms with Crippen LogP contribution in [0.4, 0.5) is 0 Å². The zero-order valence-electron chi connectivity index (χ0n) is 13.3. The van der Waals surface area contributed by atoms with Crippen molar-refractivity contribution in [2.75, 3.05) is 39.8 Å². The minimum absolute atomic E-state index is 0.309. The van der Waals surface area contributed by atoms with Crippen LogP contribution in [-0.4, -0.2) is 44.9 Å². The average Bonchev–Trinajstić information content (AvgIpc) is 3.04. The summed E-state index contributed by atoms with van der Waals surface area (Å²) in [5.74, 6) is 0.766. The van der Waals surface area contributed by atoms with Gasteiger partial charge in [-0.15, -0.1) is 0 Å². The van der Waals surface area contributed by atoms with Crippen LogP contribution in [0.15, 0.2) is 24.3 Å². The SMILES string of the molecule is C[NH+]1CC[NH+](C[C@@H](O)c2ccc(C3CCCC3)cc2)CC1. The van der Waals surface area contributed by atoms with Crippen LogP contribution in [0.2, 0.25) is 0 Å². The molecule has 2 fully saturated rings. The Bertz CT molecular complexity index is 431. The molecule has 0 bridgehead atoms. The molecule has 1 saturated carbocycles. The van der Waals surface area contributed by atoms with Crippen LogP contribution in [-0.2, 0) is 0 Å². The van der Waals surface area contributed by atoms with Crippen molar-refractivity contribution in [1.29, 1.82) is 0 Å². The highest BCUT2D eigenvalue weighted by atomic mass is 16.3. The van der Waals surface area contributed by atoms with Gasteiger partial charge in [0.2, 0.25) is 0 Å². The zero-order valence-corrected chi connectivity index (χ0v) is 13.3. The smallest absolute Gasteiger partial charge is 0.128 e. The second-order valence-corrected chi connectivity index (χ2v) is 7.08. The molecule has 0 unspecified atom stereocenters. The van der Waals surface area contributed by atoms with Crippen molar-refractivity contribution in [1.82, 2.24) is 0 Å². The lowest BCUT2D eigenvalue weighted by Crippen LogP contribution is -3.27. The number of aliphatic hydroxyl groups is 1. The standard InChI is InChI=1S/C18H28N2O/c1-19-10-12-20(13-11-19)14-18(21)17-8-6-16(7-9-17)15-4-2-3-5-15/h6-9,15,18,21H,2-5,10-14H2,1H3/p+2/t18-/m1/s1. The van der Waals surface area contributed by atoms with Gasteiger partial charge in [0, 0.05) is 0 Å². The van der Waals surface area contributed by atoms with E-state index < -0.39 is 0 Å². The quantitative estimate of drug-likeness (QED) is 0.704. The maximum atomic E-state index is 10.5. The molecule has 0 radical (unpaired) electrons. The first kappa shape index (κ1) is 15.0. The molecule has 1 aromatic carbocycles. The lowest BCUT2D eigenvalue weighted by atomic mass is 9.95. The van der Waals surface area contributed by atoms with Gasteiger partial charge in [0.25, 0.3) is 0 Å². The highest BCUT2D eigenvalue weighted by Crippen LogP contribution is 2.34. The molecule has 21 heavy (non-hydrogen) atoms. The van der Waals surface area contributed by atoms with E-state index in [0.717, 1.165) is 18.0 Å². The van der Waals surface area contributed by atoms with Crippen LogP contribution < -0.4 is 9.80 Å². The molecule has 0 amide bonds. The van der Waals surface area contributed by atoms with E-state index in [1.165, 1.54) is 57.4 Å². The molecule has 1 aliphatic heterocycles. The highest BCUT2D eigenvalue weighted by molar-refractivity contribution is 5.27. The Kier molecular flexibility index (Phi) is 4.94. The van der Waals surface area contributed by atoms with Gasteiger partial charge in [0.1, 0.15) is 38.8 Å². The monoisotopic (exact) mass is 290 g/mol. The number of nitrogens with one attached hydrogen (secondary N) is 2. The Labute approximate surface area is 128 Å². The molecular weight excluding hydrogens is 260 g/mol. The Morgan fingerprint density at radius 3 is 2.29 bits per heavy atom. The molecule has 1 heterocycles. The molecule has 1 atom stereocenters. The summed E-state index contributed by atoms with van der Waals surface area (Å²) in [6.45, 7) is 5.67. The fourth-order valence-electron chi connectivity index (χ4n) is 3.88. The number of hydrogen-bond donors (Lipinski definition) is 3. The molecule has 1 aromatic rings. The summed E-state index contributed by atoms with van der Waals surface area (Å²) in [4.78, 5) is 3.17. The molecule has 1 saturated heterocycles. The number of quaternary nitrogens is 2. The Morgan fingerprint density at radius 2 is 1.67 bits per heavy atom. The Balaban J connectivity index is 1.55. The molecule has 2 aliphatic rings. The maximum Gasteiger partial charge on any atom is 0.128 e. The van der Waals surface area contributed by atoms with E-state index in [0.29, 0.717) is 0 Å². The van der Waals surface area contributed by atoms with Crippen LogP contribution >= 0.6 is 0 Å². The lowest BCUT2D eigenvalue weighted by Gasteiger charge is -2.28. The van der Waals surface area contributed by atoms with Gasteiger partial charge < -0.3 is 14.9 Å². The largest absolute Gasteiger partial charge is 0.382 e. The summed E-state index contributed by atoms with van der Waals surface area (Å²) in [5, 5.41) is 10.5. The van der Waals surface area contributed by atoms with E-state index in [9.17, 15) is 5.11 Å². The van der Waals surface area contributed by atoms with E-state index in [1.54, 1.807) is 9.80 Å². The van der Waals surface area contributed by atoms with Crippen LogP contribution in [0.5, 0.6) is 0 Å². The normalized spacial score (nSPS) is 28.7. The third-order valence-electron chi connectivity index (χ3n) is 5.44. The second-order valence-electron chi connectivity index (χ2n) is 7.08. The lowest BCUT2D eigenvalue weighted by molar-refractivity contribution is -1.00. The zero-order chi connectivity index (χ0) is 14.7. The van der Waals surface area contributed by atoms with Crippen molar-refractivity contribution in [3.05, 3.63) is 35.4 Å². The predicted molar refractivity (Wildman–Crippen MR) is 84.8 cm³/mol. The number of aliphatic hydroxyl groups excluding tert-OH is 1. The summed E-state index contributed by atoms with van der Waals surface area (Å²) in [6, 6.07) is 8.80. The minimum Gasteiger partial charge on any atom is -0.382 e. The van der Waals surface area contributed by atoms with Gasteiger partial charge in [0.15, 0.2) is 0 Å². The molecule has 0 spiro atoms. The van der Waals surface area contributed by atoms with Gasteiger partial charge >= 0.3 is 0 Å². The van der Waals surface area contributed by atoms with Gasteiger partial charge in [-0.3, -0.25) is 0 Å². The molecule has 1 aliphatic carbocycles. The van der Waals surface area contributed by atoms with Gasteiger partial charge in [0.05, 0.1) is 7.05 Å². The third-order valence-corrected chi connectivity index (χ3v) is 5.44. The molecule has 3 rings (SSSR count). The van der Waals surface area contributed by atoms with E-state index in [2.05, 4.69) is 31.3 Å². The molecule has 3 N–H and O–H groups in total. The van der Waals surface area contributed by atoms with Crippen molar-refractivity contribution in [2.24, 2.45) is 0 Å². The summed E-state index contributed by atoms with van der Waals surface area (Å²) in [6.07, 6.45) is 5.13. The first-order valence-corrected chi connectivity index (χ1v) is 8.65. The first-order valence-electron chi connectivity index (χ1n) is 8.65. The van der Waals surface area contributed by atoms with Crippen LogP contribution in [0.25, 0.3) is 0 Å². The summed E-state index contributed by atoms with van der Waals surface area (Å²) in [7, 11) is 2.26.